The van der Waals surface area contributed by atoms with Crippen LogP contribution in [0.5, 0.6) is 5.75 Å². The Kier molecular flexibility index (Phi) is 4.23. The summed E-state index contributed by atoms with van der Waals surface area (Å²) in [5.41, 5.74) is 2.58. The molecule has 0 amide bonds. The molecule has 0 bridgehead atoms. The van der Waals surface area contributed by atoms with E-state index < -0.39 is 5.97 Å². The summed E-state index contributed by atoms with van der Waals surface area (Å²) in [4.78, 5) is 16.5. The van der Waals surface area contributed by atoms with Gasteiger partial charge in [0.15, 0.2) is 5.65 Å². The van der Waals surface area contributed by atoms with E-state index in [9.17, 15) is 4.79 Å². The molecule has 0 saturated carbocycles. The Morgan fingerprint density at radius 2 is 2.04 bits per heavy atom. The van der Waals surface area contributed by atoms with Crippen molar-refractivity contribution in [2.24, 2.45) is 0 Å². The Hall–Kier alpha value is -2.89. The van der Waals surface area contributed by atoms with E-state index in [1.165, 1.54) is 6.33 Å². The molecule has 23 heavy (non-hydrogen) atoms. The first-order valence-electron chi connectivity index (χ1n) is 7.38. The molecule has 0 N–H and O–H groups in total. The Bertz CT molecular complexity index is 828. The van der Waals surface area contributed by atoms with Crippen molar-refractivity contribution in [1.82, 2.24) is 14.6 Å². The fourth-order valence-corrected chi connectivity index (χ4v) is 2.35. The van der Waals surface area contributed by atoms with Gasteiger partial charge in [-0.1, -0.05) is 30.3 Å². The maximum atomic E-state index is 12.3. The standard InChI is InChI=1S/C17H17N3O3/c1-3-22-17(21)15-14(23-10-13-7-5-4-6-8-13)9-12(2)20-16(15)18-11-19-20/h4-9,11H,3,10H2,1-2H3. The smallest absolute Gasteiger partial charge is 0.345 e. The van der Waals surface area contributed by atoms with Crippen LogP contribution in [0.3, 0.4) is 0 Å². The number of aromatic nitrogens is 3. The number of ether oxygens (including phenoxy) is 2. The van der Waals surface area contributed by atoms with Crippen molar-refractivity contribution in [2.45, 2.75) is 20.5 Å². The summed E-state index contributed by atoms with van der Waals surface area (Å²) in [5.74, 6) is -0.0149. The molecule has 0 aliphatic carbocycles. The Labute approximate surface area is 133 Å². The molecule has 0 aliphatic rings. The first-order valence-corrected chi connectivity index (χ1v) is 7.38. The Balaban J connectivity index is 2.00. The molecule has 2 heterocycles. The normalized spacial score (nSPS) is 10.7. The monoisotopic (exact) mass is 311 g/mol. The van der Waals surface area contributed by atoms with E-state index in [0.29, 0.717) is 23.6 Å². The number of benzene rings is 1. The highest BCUT2D eigenvalue weighted by atomic mass is 16.5. The number of hydrogen-bond donors (Lipinski definition) is 0. The van der Waals surface area contributed by atoms with Crippen LogP contribution in [0, 0.1) is 6.92 Å². The zero-order valence-electron chi connectivity index (χ0n) is 13.0. The molecule has 0 spiro atoms. The van der Waals surface area contributed by atoms with E-state index in [4.69, 9.17) is 9.47 Å². The van der Waals surface area contributed by atoms with Gasteiger partial charge >= 0.3 is 5.97 Å². The molecule has 0 saturated heterocycles. The largest absolute Gasteiger partial charge is 0.488 e. The van der Waals surface area contributed by atoms with Crippen LogP contribution in [0.1, 0.15) is 28.5 Å². The number of pyridine rings is 1. The summed E-state index contributed by atoms with van der Waals surface area (Å²) in [6.07, 6.45) is 1.41. The zero-order valence-corrected chi connectivity index (χ0v) is 13.0. The Morgan fingerprint density at radius 1 is 1.26 bits per heavy atom. The lowest BCUT2D eigenvalue weighted by Crippen LogP contribution is -2.12. The van der Waals surface area contributed by atoms with Crippen molar-refractivity contribution in [3.8, 4) is 5.75 Å². The lowest BCUT2D eigenvalue weighted by Gasteiger charge is -2.13. The quantitative estimate of drug-likeness (QED) is 0.678. The third-order valence-electron chi connectivity index (χ3n) is 3.41. The van der Waals surface area contributed by atoms with Crippen LogP contribution in [-0.4, -0.2) is 27.2 Å². The number of carbonyl (C=O) groups is 1. The zero-order chi connectivity index (χ0) is 16.2. The predicted octanol–water partition coefficient (Wildman–Crippen LogP) is 2.79. The number of fused-ring (bicyclic) bond motifs is 1. The molecular weight excluding hydrogens is 294 g/mol. The van der Waals surface area contributed by atoms with Crippen molar-refractivity contribution in [2.75, 3.05) is 6.61 Å². The van der Waals surface area contributed by atoms with Crippen LogP contribution >= 0.6 is 0 Å². The van der Waals surface area contributed by atoms with Gasteiger partial charge in [0.2, 0.25) is 0 Å². The van der Waals surface area contributed by atoms with Crippen molar-refractivity contribution in [3.63, 3.8) is 0 Å². The summed E-state index contributed by atoms with van der Waals surface area (Å²) < 4.78 is 12.6. The molecule has 0 atom stereocenters. The number of hydrogen-bond acceptors (Lipinski definition) is 5. The molecule has 3 aromatic rings. The highest BCUT2D eigenvalue weighted by molar-refractivity contribution is 5.98. The molecule has 118 valence electrons. The van der Waals surface area contributed by atoms with Crippen LogP contribution in [0.25, 0.3) is 5.65 Å². The predicted molar refractivity (Wildman–Crippen MR) is 84.5 cm³/mol. The number of nitrogens with zero attached hydrogens (tertiary/aromatic N) is 3. The van der Waals surface area contributed by atoms with E-state index in [-0.39, 0.29) is 6.61 Å². The fraction of sp³-hybridized carbons (Fsp3) is 0.235. The van der Waals surface area contributed by atoms with Crippen molar-refractivity contribution >= 4 is 11.6 Å². The summed E-state index contributed by atoms with van der Waals surface area (Å²) in [6.45, 7) is 4.28. The minimum Gasteiger partial charge on any atom is -0.488 e. The highest BCUT2D eigenvalue weighted by Crippen LogP contribution is 2.26. The van der Waals surface area contributed by atoms with Crippen molar-refractivity contribution in [1.29, 1.82) is 0 Å². The van der Waals surface area contributed by atoms with Crippen LogP contribution < -0.4 is 4.74 Å². The third kappa shape index (κ3) is 3.01. The highest BCUT2D eigenvalue weighted by Gasteiger charge is 2.21. The fourth-order valence-electron chi connectivity index (χ4n) is 2.35. The van der Waals surface area contributed by atoms with Crippen LogP contribution in [0.4, 0.5) is 0 Å². The molecule has 6 nitrogen and oxygen atoms in total. The second-order valence-corrected chi connectivity index (χ2v) is 5.02. The first-order chi connectivity index (χ1) is 11.2. The second-order valence-electron chi connectivity index (χ2n) is 5.02. The van der Waals surface area contributed by atoms with E-state index in [2.05, 4.69) is 10.1 Å². The molecule has 2 aromatic heterocycles. The van der Waals surface area contributed by atoms with Gasteiger partial charge in [-0.25, -0.2) is 14.3 Å². The van der Waals surface area contributed by atoms with Gasteiger partial charge in [-0.15, -0.1) is 0 Å². The van der Waals surface area contributed by atoms with Gasteiger partial charge in [-0.3, -0.25) is 0 Å². The number of esters is 1. The summed E-state index contributed by atoms with van der Waals surface area (Å²) >= 11 is 0. The summed E-state index contributed by atoms with van der Waals surface area (Å²) in [7, 11) is 0. The number of rotatable bonds is 5. The minimum absolute atomic E-state index is 0.283. The van der Waals surface area contributed by atoms with Gasteiger partial charge in [-0.05, 0) is 19.4 Å². The van der Waals surface area contributed by atoms with Gasteiger partial charge in [0.05, 0.1) is 6.61 Å². The Morgan fingerprint density at radius 3 is 2.78 bits per heavy atom. The van der Waals surface area contributed by atoms with Gasteiger partial charge in [-0.2, -0.15) is 5.10 Å². The van der Waals surface area contributed by atoms with E-state index in [1.807, 2.05) is 37.3 Å². The molecule has 6 heteroatoms. The second kappa shape index (κ2) is 6.48. The van der Waals surface area contributed by atoms with Crippen LogP contribution in [0.15, 0.2) is 42.7 Å². The van der Waals surface area contributed by atoms with E-state index in [1.54, 1.807) is 17.5 Å². The SMILES string of the molecule is CCOC(=O)c1c(OCc2ccccc2)cc(C)n2ncnc12. The number of aryl methyl sites for hydroxylation is 1. The average Bonchev–Trinajstić information content (AvgIpc) is 3.04. The van der Waals surface area contributed by atoms with Crippen molar-refractivity contribution in [3.05, 3.63) is 59.5 Å². The third-order valence-corrected chi connectivity index (χ3v) is 3.41. The maximum absolute atomic E-state index is 12.3. The molecule has 1 aromatic carbocycles. The summed E-state index contributed by atoms with van der Waals surface area (Å²) in [6, 6.07) is 11.5. The van der Waals surface area contributed by atoms with Gasteiger partial charge in [0.1, 0.15) is 24.2 Å². The maximum Gasteiger partial charge on any atom is 0.345 e. The molecule has 0 fully saturated rings. The van der Waals surface area contributed by atoms with Gasteiger partial charge in [0, 0.05) is 11.8 Å². The molecule has 0 unspecified atom stereocenters. The molecular formula is C17H17N3O3. The molecule has 3 rings (SSSR count). The van der Waals surface area contributed by atoms with Crippen molar-refractivity contribution < 1.29 is 14.3 Å². The average molecular weight is 311 g/mol. The van der Waals surface area contributed by atoms with E-state index >= 15 is 0 Å². The van der Waals surface area contributed by atoms with E-state index in [0.717, 1.165) is 11.3 Å². The first kappa shape index (κ1) is 15.0. The number of carbonyl (C=O) groups excluding carboxylic acids is 1. The molecule has 0 aliphatic heterocycles. The molecule has 0 radical (unpaired) electrons. The summed E-state index contributed by atoms with van der Waals surface area (Å²) in [5, 5.41) is 4.12. The lowest BCUT2D eigenvalue weighted by atomic mass is 10.2. The van der Waals surface area contributed by atoms with Gasteiger partial charge in [0.25, 0.3) is 0 Å². The van der Waals surface area contributed by atoms with Crippen LogP contribution in [0.2, 0.25) is 0 Å². The minimum atomic E-state index is -0.464. The van der Waals surface area contributed by atoms with Gasteiger partial charge < -0.3 is 9.47 Å². The van der Waals surface area contributed by atoms with Crippen LogP contribution in [-0.2, 0) is 11.3 Å². The lowest BCUT2D eigenvalue weighted by molar-refractivity contribution is 0.0523. The topological polar surface area (TPSA) is 65.7 Å².